The van der Waals surface area contributed by atoms with E-state index in [4.69, 9.17) is 0 Å². The highest BCUT2D eigenvalue weighted by Crippen LogP contribution is 2.33. The predicted octanol–water partition coefficient (Wildman–Crippen LogP) is 4.11. The van der Waals surface area contributed by atoms with Crippen LogP contribution in [0.5, 0.6) is 0 Å². The third-order valence-corrected chi connectivity index (χ3v) is 4.93. The van der Waals surface area contributed by atoms with Gasteiger partial charge >= 0.3 is 6.18 Å². The second-order valence-corrected chi connectivity index (χ2v) is 7.27. The maximum Gasteiger partial charge on any atom is 0.416 e. The van der Waals surface area contributed by atoms with Crippen LogP contribution in [0.1, 0.15) is 15.9 Å². The molecule has 1 amide bonds. The van der Waals surface area contributed by atoms with Crippen molar-refractivity contribution in [1.29, 1.82) is 0 Å². The van der Waals surface area contributed by atoms with Gasteiger partial charge in [0.1, 0.15) is 0 Å². The molecule has 3 N–H and O–H groups in total. The summed E-state index contributed by atoms with van der Waals surface area (Å²) in [6, 6.07) is 15.3. The minimum absolute atomic E-state index is 0.173. The van der Waals surface area contributed by atoms with E-state index in [0.29, 0.717) is 41.1 Å². The summed E-state index contributed by atoms with van der Waals surface area (Å²) in [6.45, 7) is 1.20. The second-order valence-electron chi connectivity index (χ2n) is 7.27. The van der Waals surface area contributed by atoms with Crippen molar-refractivity contribution in [2.45, 2.75) is 6.18 Å². The van der Waals surface area contributed by atoms with Gasteiger partial charge in [-0.25, -0.2) is 4.52 Å². The van der Waals surface area contributed by atoms with Crippen molar-refractivity contribution in [3.05, 3.63) is 78.0 Å². The van der Waals surface area contributed by atoms with E-state index in [1.807, 2.05) is 7.05 Å². The van der Waals surface area contributed by atoms with Crippen LogP contribution in [-0.4, -0.2) is 40.6 Å². The first-order valence-corrected chi connectivity index (χ1v) is 10.2. The quantitative estimate of drug-likeness (QED) is 0.366. The first-order chi connectivity index (χ1) is 15.8. The van der Waals surface area contributed by atoms with Gasteiger partial charge in [-0.05, 0) is 61.1 Å². The van der Waals surface area contributed by atoms with Crippen LogP contribution >= 0.6 is 0 Å². The standard InChI is InChI=1S/C23H21F3N6O/c1-27-11-12-28-21(33)15-7-9-18(10-8-15)29-22-30-20-19(6-3-13-32(20)31-22)16-4-2-5-17(14-16)23(24,25)26/h2-10,13-14,27H,11-12H2,1H3,(H,28,33)(H,29,31). The van der Waals surface area contributed by atoms with E-state index in [1.54, 1.807) is 48.7 Å². The minimum atomic E-state index is -4.43. The maximum absolute atomic E-state index is 13.1. The number of alkyl halides is 3. The molecule has 0 radical (unpaired) electrons. The number of hydrogen-bond acceptors (Lipinski definition) is 5. The molecular formula is C23H21F3N6O. The van der Waals surface area contributed by atoms with E-state index in [1.165, 1.54) is 10.6 Å². The van der Waals surface area contributed by atoms with Crippen LogP contribution in [-0.2, 0) is 6.18 Å². The molecule has 33 heavy (non-hydrogen) atoms. The number of benzene rings is 2. The maximum atomic E-state index is 13.1. The van der Waals surface area contributed by atoms with Gasteiger partial charge in [0.25, 0.3) is 5.91 Å². The smallest absolute Gasteiger partial charge is 0.351 e. The third kappa shape index (κ3) is 5.12. The van der Waals surface area contributed by atoms with Gasteiger partial charge in [0.15, 0.2) is 5.65 Å². The number of nitrogens with zero attached hydrogens (tertiary/aromatic N) is 3. The molecule has 170 valence electrons. The van der Waals surface area contributed by atoms with Crippen LogP contribution in [0.2, 0.25) is 0 Å². The largest absolute Gasteiger partial charge is 0.416 e. The Kier molecular flexibility index (Phi) is 6.27. The lowest BCUT2D eigenvalue weighted by atomic mass is 10.0. The minimum Gasteiger partial charge on any atom is -0.351 e. The van der Waals surface area contributed by atoms with Crippen molar-refractivity contribution in [1.82, 2.24) is 25.2 Å². The van der Waals surface area contributed by atoms with E-state index in [2.05, 4.69) is 26.0 Å². The molecule has 0 aliphatic rings. The van der Waals surface area contributed by atoms with Gasteiger partial charge < -0.3 is 16.0 Å². The highest BCUT2D eigenvalue weighted by molar-refractivity contribution is 5.94. The van der Waals surface area contributed by atoms with E-state index < -0.39 is 11.7 Å². The predicted molar refractivity (Wildman–Crippen MR) is 119 cm³/mol. The fraction of sp³-hybridized carbons (Fsp3) is 0.174. The molecule has 0 saturated carbocycles. The van der Waals surface area contributed by atoms with Gasteiger partial charge in [-0.1, -0.05) is 12.1 Å². The first kappa shape index (κ1) is 22.3. The molecule has 0 aliphatic carbocycles. The Balaban J connectivity index is 1.56. The molecule has 10 heteroatoms. The molecule has 0 fully saturated rings. The Morgan fingerprint density at radius 2 is 1.82 bits per heavy atom. The van der Waals surface area contributed by atoms with E-state index in [0.717, 1.165) is 12.1 Å². The van der Waals surface area contributed by atoms with Crippen LogP contribution in [0.3, 0.4) is 0 Å². The summed E-state index contributed by atoms with van der Waals surface area (Å²) in [6.07, 6.45) is -2.76. The summed E-state index contributed by atoms with van der Waals surface area (Å²) in [5, 5.41) is 13.2. The normalized spacial score (nSPS) is 11.5. The molecule has 0 saturated heterocycles. The summed E-state index contributed by atoms with van der Waals surface area (Å²) >= 11 is 0. The summed E-state index contributed by atoms with van der Waals surface area (Å²) in [5.74, 6) is 0.106. The van der Waals surface area contributed by atoms with Crippen molar-refractivity contribution < 1.29 is 18.0 Å². The fourth-order valence-corrected chi connectivity index (χ4v) is 3.28. The fourth-order valence-electron chi connectivity index (χ4n) is 3.28. The highest BCUT2D eigenvalue weighted by atomic mass is 19.4. The summed E-state index contributed by atoms with van der Waals surface area (Å²) < 4.78 is 40.9. The van der Waals surface area contributed by atoms with Crippen molar-refractivity contribution >= 4 is 23.2 Å². The van der Waals surface area contributed by atoms with Crippen molar-refractivity contribution in [2.24, 2.45) is 0 Å². The number of amides is 1. The Morgan fingerprint density at radius 3 is 2.55 bits per heavy atom. The number of carbonyl (C=O) groups is 1. The molecule has 0 atom stereocenters. The van der Waals surface area contributed by atoms with Gasteiger partial charge in [-0.2, -0.15) is 18.2 Å². The number of rotatable bonds is 7. The lowest BCUT2D eigenvalue weighted by Crippen LogP contribution is -2.30. The summed E-state index contributed by atoms with van der Waals surface area (Å²) in [5.41, 5.74) is 1.79. The van der Waals surface area contributed by atoms with Gasteiger partial charge in [-0.15, -0.1) is 5.10 Å². The van der Waals surface area contributed by atoms with Crippen molar-refractivity contribution in [3.8, 4) is 11.1 Å². The number of aromatic nitrogens is 3. The van der Waals surface area contributed by atoms with Gasteiger partial charge in [-0.3, -0.25) is 4.79 Å². The average Bonchev–Trinajstić information content (AvgIpc) is 3.21. The average molecular weight is 454 g/mol. The molecule has 7 nitrogen and oxygen atoms in total. The molecule has 2 heterocycles. The number of pyridine rings is 1. The zero-order chi connectivity index (χ0) is 23.4. The lowest BCUT2D eigenvalue weighted by Gasteiger charge is -2.09. The van der Waals surface area contributed by atoms with Crippen molar-refractivity contribution in [3.63, 3.8) is 0 Å². The summed E-state index contributed by atoms with van der Waals surface area (Å²) in [4.78, 5) is 16.6. The molecule has 0 bridgehead atoms. The van der Waals surface area contributed by atoms with E-state index in [9.17, 15) is 18.0 Å². The lowest BCUT2D eigenvalue weighted by molar-refractivity contribution is -0.137. The molecular weight excluding hydrogens is 433 g/mol. The molecule has 0 aliphatic heterocycles. The van der Waals surface area contributed by atoms with E-state index >= 15 is 0 Å². The van der Waals surface area contributed by atoms with Gasteiger partial charge in [0.05, 0.1) is 5.56 Å². The van der Waals surface area contributed by atoms with Gasteiger partial charge in [0, 0.05) is 36.1 Å². The second kappa shape index (κ2) is 9.29. The number of carbonyl (C=O) groups excluding carboxylic acids is 1. The number of likely N-dealkylation sites (N-methyl/N-ethyl adjacent to an activating group) is 1. The topological polar surface area (TPSA) is 83.3 Å². The monoisotopic (exact) mass is 454 g/mol. The van der Waals surface area contributed by atoms with Crippen LogP contribution in [0.4, 0.5) is 24.8 Å². The number of anilines is 2. The molecule has 0 unspecified atom stereocenters. The number of hydrogen-bond donors (Lipinski definition) is 3. The van der Waals surface area contributed by atoms with Crippen LogP contribution in [0, 0.1) is 0 Å². The zero-order valence-electron chi connectivity index (χ0n) is 17.6. The summed E-state index contributed by atoms with van der Waals surface area (Å²) in [7, 11) is 1.81. The Morgan fingerprint density at radius 1 is 1.03 bits per heavy atom. The molecule has 2 aromatic heterocycles. The Hall–Kier alpha value is -3.92. The van der Waals surface area contributed by atoms with Crippen LogP contribution in [0.25, 0.3) is 16.8 Å². The number of fused-ring (bicyclic) bond motifs is 1. The number of halogens is 3. The zero-order valence-corrected chi connectivity index (χ0v) is 17.6. The van der Waals surface area contributed by atoms with Crippen LogP contribution < -0.4 is 16.0 Å². The first-order valence-electron chi connectivity index (χ1n) is 10.2. The number of nitrogens with one attached hydrogen (secondary N) is 3. The Labute approximate surface area is 187 Å². The van der Waals surface area contributed by atoms with Crippen LogP contribution in [0.15, 0.2) is 66.9 Å². The highest BCUT2D eigenvalue weighted by Gasteiger charge is 2.30. The SMILES string of the molecule is CNCCNC(=O)c1ccc(Nc2nc3c(-c4cccc(C(F)(F)F)c4)cccn3n2)cc1. The molecule has 0 spiro atoms. The van der Waals surface area contributed by atoms with E-state index in [-0.39, 0.29) is 11.9 Å². The Bertz CT molecular complexity index is 1270. The molecule has 2 aromatic carbocycles. The van der Waals surface area contributed by atoms with Gasteiger partial charge in [0.2, 0.25) is 5.95 Å². The molecule has 4 rings (SSSR count). The van der Waals surface area contributed by atoms with Crippen molar-refractivity contribution in [2.75, 3.05) is 25.5 Å². The third-order valence-electron chi connectivity index (χ3n) is 4.93. The molecule has 4 aromatic rings.